The lowest BCUT2D eigenvalue weighted by molar-refractivity contribution is 0.205. The second kappa shape index (κ2) is 2.56. The summed E-state index contributed by atoms with van der Waals surface area (Å²) in [7, 11) is -3.82. The van der Waals surface area contributed by atoms with Crippen LogP contribution in [0.25, 0.3) is 0 Å². The van der Waals surface area contributed by atoms with Gasteiger partial charge in [0, 0.05) is 0 Å². The van der Waals surface area contributed by atoms with E-state index in [4.69, 9.17) is 0 Å². The van der Waals surface area contributed by atoms with Crippen LogP contribution in [-0.2, 0) is 0 Å². The van der Waals surface area contributed by atoms with Gasteiger partial charge in [0.1, 0.15) is 0 Å². The minimum absolute atomic E-state index is 0.860. The second-order valence-electron chi connectivity index (χ2n) is 3.63. The van der Waals surface area contributed by atoms with Crippen molar-refractivity contribution in [3.05, 3.63) is 0 Å². The van der Waals surface area contributed by atoms with Crippen molar-refractivity contribution in [1.82, 2.24) is 0 Å². The fraction of sp³-hybridized carbons (Fsp3) is 1.00. The van der Waals surface area contributed by atoms with Crippen LogP contribution in [0.5, 0.6) is 0 Å². The summed E-state index contributed by atoms with van der Waals surface area (Å²) in [6, 6.07) is -2.77. The van der Waals surface area contributed by atoms with Gasteiger partial charge in [-0.3, -0.25) is 0 Å². The molecule has 0 aliphatic carbocycles. The van der Waals surface area contributed by atoms with Crippen molar-refractivity contribution in [3.63, 3.8) is 0 Å². The molecule has 1 atom stereocenters. The first-order valence-electron chi connectivity index (χ1n) is 3.16. The Kier molecular flexibility index (Phi) is 2.57. The van der Waals surface area contributed by atoms with E-state index >= 15 is 0 Å². The molecule has 4 heteroatoms. The molecule has 62 valence electrons. The van der Waals surface area contributed by atoms with E-state index in [1.165, 1.54) is 20.8 Å². The highest BCUT2D eigenvalue weighted by atomic mass is 28.4. The monoisotopic (exact) mass is 170 g/mol. The summed E-state index contributed by atoms with van der Waals surface area (Å²) in [5.74, 6) is 0. The molecule has 0 aliphatic rings. The lowest BCUT2D eigenvalue weighted by Gasteiger charge is -2.30. The van der Waals surface area contributed by atoms with Gasteiger partial charge < -0.3 is 4.11 Å². The maximum absolute atomic E-state index is 13.1. The molecule has 0 rings (SSSR count). The molecule has 1 unspecified atom stereocenters. The van der Waals surface area contributed by atoms with E-state index in [1.807, 2.05) is 0 Å². The molecule has 0 fully saturated rings. The van der Waals surface area contributed by atoms with E-state index in [-0.39, 0.29) is 0 Å². The topological polar surface area (TPSA) is 0 Å². The third-order valence-electron chi connectivity index (χ3n) is 1.88. The maximum atomic E-state index is 13.1. The Bertz CT molecular complexity index is 115. The Hall–Kier alpha value is 0.00688. The van der Waals surface area contributed by atoms with Crippen LogP contribution in [0, 0.1) is 0 Å². The molecule has 0 saturated heterocycles. The number of hydrogen-bond donors (Lipinski definition) is 0. The maximum Gasteiger partial charge on any atom is 0.321 e. The van der Waals surface area contributed by atoms with Gasteiger partial charge in [-0.1, -0.05) is 20.8 Å². The van der Waals surface area contributed by atoms with E-state index < -0.39 is 19.5 Å². The molecule has 0 radical (unpaired) electrons. The molecule has 10 heavy (non-hydrogen) atoms. The summed E-state index contributed by atoms with van der Waals surface area (Å²) in [5.41, 5.74) is 0. The first-order chi connectivity index (χ1) is 4.19. The van der Waals surface area contributed by atoms with E-state index in [2.05, 4.69) is 0 Å². The number of halogens is 3. The summed E-state index contributed by atoms with van der Waals surface area (Å²) in [5, 5.41) is -0.860. The zero-order chi connectivity index (χ0) is 8.58. The molecule has 0 aromatic heterocycles. The molecule has 0 heterocycles. The summed E-state index contributed by atoms with van der Waals surface area (Å²) < 4.78 is 37.1. The Morgan fingerprint density at radius 3 is 1.50 bits per heavy atom. The molecule has 0 amide bonds. The average Bonchev–Trinajstić information content (AvgIpc) is 1.62. The predicted octanol–water partition coefficient (Wildman–Crippen LogP) is 3.14. The second-order valence-corrected chi connectivity index (χ2v) is 7.71. The van der Waals surface area contributed by atoms with E-state index in [0.29, 0.717) is 0 Å². The quantitative estimate of drug-likeness (QED) is 0.419. The summed E-state index contributed by atoms with van der Waals surface area (Å²) in [6.07, 6.45) is 0. The Balaban J connectivity index is 4.40. The van der Waals surface area contributed by atoms with Crippen molar-refractivity contribution in [2.24, 2.45) is 0 Å². The van der Waals surface area contributed by atoms with Crippen LogP contribution in [0.2, 0.25) is 11.6 Å². The predicted molar refractivity (Wildman–Crippen MR) is 38.4 cm³/mol. The Morgan fingerprint density at radius 1 is 1.20 bits per heavy atom. The van der Waals surface area contributed by atoms with Gasteiger partial charge in [-0.05, 0) is 11.6 Å². The van der Waals surface area contributed by atoms with Crippen LogP contribution in [0.3, 0.4) is 0 Å². The first-order valence-corrected chi connectivity index (χ1v) is 5.62. The molecule has 0 aromatic carbocycles. The zero-order valence-electron chi connectivity index (χ0n) is 6.71. The minimum Gasteiger partial charge on any atom is -0.307 e. The fourth-order valence-corrected chi connectivity index (χ4v) is 0.982. The molecular formula is C6H13F3Si. The lowest BCUT2D eigenvalue weighted by Crippen LogP contribution is -2.43. The molecule has 0 bridgehead atoms. The van der Waals surface area contributed by atoms with E-state index in [0.717, 1.165) is 6.55 Å². The van der Waals surface area contributed by atoms with Gasteiger partial charge in [0.2, 0.25) is 0 Å². The molecule has 0 N–H and O–H groups in total. The van der Waals surface area contributed by atoms with Gasteiger partial charge in [-0.2, -0.15) is 0 Å². The summed E-state index contributed by atoms with van der Waals surface area (Å²) >= 11 is 0. The third kappa shape index (κ3) is 1.75. The van der Waals surface area contributed by atoms with Crippen LogP contribution >= 0.6 is 0 Å². The molecule has 0 saturated carbocycles. The van der Waals surface area contributed by atoms with E-state index in [9.17, 15) is 12.9 Å². The number of hydrogen-bond acceptors (Lipinski definition) is 0. The van der Waals surface area contributed by atoms with Gasteiger partial charge in [0.05, 0.1) is 0 Å². The molecular weight excluding hydrogens is 157 g/mol. The van der Waals surface area contributed by atoms with Gasteiger partial charge in [-0.15, -0.1) is 0 Å². The number of alkyl halides is 2. The van der Waals surface area contributed by atoms with E-state index in [1.54, 1.807) is 0 Å². The normalized spacial score (nSPS) is 19.2. The number of rotatable bonds is 1. The molecule has 0 nitrogen and oxygen atoms in total. The van der Waals surface area contributed by atoms with Crippen molar-refractivity contribution >= 4 is 8.41 Å². The highest BCUT2D eigenvalue weighted by Gasteiger charge is 2.50. The van der Waals surface area contributed by atoms with Gasteiger partial charge in [-0.25, -0.2) is 8.78 Å². The highest BCUT2D eigenvalue weighted by Crippen LogP contribution is 2.40. The van der Waals surface area contributed by atoms with Crippen molar-refractivity contribution in [2.75, 3.05) is 0 Å². The van der Waals surface area contributed by atoms with Crippen molar-refractivity contribution in [2.45, 2.75) is 38.4 Å². The average molecular weight is 170 g/mol. The van der Waals surface area contributed by atoms with Gasteiger partial charge >= 0.3 is 8.41 Å². The Labute approximate surface area is 60.6 Å². The SMILES string of the molecule is CC(C)(C)[Si](C)(F)C(F)F. The summed E-state index contributed by atoms with van der Waals surface area (Å²) in [4.78, 5) is 0. The van der Waals surface area contributed by atoms with Crippen LogP contribution in [0.15, 0.2) is 0 Å². The van der Waals surface area contributed by atoms with Crippen LogP contribution in [0.4, 0.5) is 12.9 Å². The van der Waals surface area contributed by atoms with Crippen LogP contribution in [0.1, 0.15) is 20.8 Å². The van der Waals surface area contributed by atoms with Crippen LogP contribution < -0.4 is 0 Å². The standard InChI is InChI=1S/C6H13F3Si/c1-6(2,3)10(4,9)5(7)8/h5H,1-4H3. The Morgan fingerprint density at radius 2 is 1.50 bits per heavy atom. The molecule has 0 spiro atoms. The van der Waals surface area contributed by atoms with Crippen molar-refractivity contribution < 1.29 is 12.9 Å². The largest absolute Gasteiger partial charge is 0.321 e. The van der Waals surface area contributed by atoms with Crippen molar-refractivity contribution in [3.8, 4) is 0 Å². The zero-order valence-corrected chi connectivity index (χ0v) is 7.71. The van der Waals surface area contributed by atoms with Crippen molar-refractivity contribution in [1.29, 1.82) is 0 Å². The summed E-state index contributed by atoms with van der Waals surface area (Å²) in [6.45, 7) is 5.62. The first kappa shape index (κ1) is 10.0. The van der Waals surface area contributed by atoms with Gasteiger partial charge in [0.25, 0.3) is 6.05 Å². The smallest absolute Gasteiger partial charge is 0.307 e. The molecule has 0 aromatic rings. The van der Waals surface area contributed by atoms with Crippen LogP contribution in [-0.4, -0.2) is 14.5 Å². The highest BCUT2D eigenvalue weighted by molar-refractivity contribution is 6.75. The third-order valence-corrected chi connectivity index (χ3v) is 5.63. The molecule has 0 aliphatic heterocycles. The lowest BCUT2D eigenvalue weighted by atomic mass is 10.2. The minimum atomic E-state index is -3.82. The van der Waals surface area contributed by atoms with Gasteiger partial charge in [0.15, 0.2) is 0 Å². The fourth-order valence-electron chi connectivity index (χ4n) is 0.327.